The summed E-state index contributed by atoms with van der Waals surface area (Å²) in [6.45, 7) is 7.45. The van der Waals surface area contributed by atoms with Gasteiger partial charge in [-0.3, -0.25) is 4.79 Å². The van der Waals surface area contributed by atoms with E-state index >= 15 is 0 Å². The molecule has 0 atom stereocenters. The first-order chi connectivity index (χ1) is 12.6. The lowest BCUT2D eigenvalue weighted by atomic mass is 10.1. The van der Waals surface area contributed by atoms with Crippen molar-refractivity contribution >= 4 is 11.9 Å². The van der Waals surface area contributed by atoms with Gasteiger partial charge < -0.3 is 14.8 Å². The molecule has 0 unspecified atom stereocenters. The van der Waals surface area contributed by atoms with Gasteiger partial charge in [-0.25, -0.2) is 4.79 Å². The zero-order valence-electron chi connectivity index (χ0n) is 14.7. The molecule has 0 fully saturated rings. The molecule has 0 radical (unpaired) electrons. The molecule has 0 bridgehead atoms. The lowest BCUT2D eigenvalue weighted by molar-refractivity contribution is -0.116. The van der Waals surface area contributed by atoms with Crippen LogP contribution in [-0.2, 0) is 17.8 Å². The number of hydrogen-bond donors (Lipinski definition) is 1. The van der Waals surface area contributed by atoms with Crippen molar-refractivity contribution in [2.45, 2.75) is 13.0 Å². The number of nitrogens with one attached hydrogen (secondary N) is 1. The number of benzene rings is 2. The van der Waals surface area contributed by atoms with Crippen molar-refractivity contribution < 1.29 is 19.1 Å². The molecule has 0 aliphatic rings. The molecule has 2 aromatic carbocycles. The van der Waals surface area contributed by atoms with Gasteiger partial charge >= 0.3 is 5.97 Å². The van der Waals surface area contributed by atoms with Gasteiger partial charge in [-0.1, -0.05) is 30.9 Å². The molecule has 0 aliphatic carbocycles. The predicted octanol–water partition coefficient (Wildman–Crippen LogP) is 3.45. The second-order valence-electron chi connectivity index (χ2n) is 5.49. The molecule has 0 heterocycles. The van der Waals surface area contributed by atoms with Crippen LogP contribution >= 0.6 is 0 Å². The first-order valence-corrected chi connectivity index (χ1v) is 8.06. The second-order valence-corrected chi connectivity index (χ2v) is 5.49. The molecule has 0 spiro atoms. The highest BCUT2D eigenvalue weighted by atomic mass is 16.6. The Kier molecular flexibility index (Phi) is 6.74. The van der Waals surface area contributed by atoms with E-state index in [-0.39, 0.29) is 5.91 Å². The van der Waals surface area contributed by atoms with Crippen LogP contribution in [-0.4, -0.2) is 19.0 Å². The zero-order valence-corrected chi connectivity index (χ0v) is 14.7. The highest BCUT2D eigenvalue weighted by molar-refractivity contribution is 5.91. The number of carbonyl (C=O) groups is 2. The lowest BCUT2D eigenvalue weighted by Crippen LogP contribution is -2.20. The van der Waals surface area contributed by atoms with Crippen LogP contribution in [0.1, 0.15) is 21.5 Å². The van der Waals surface area contributed by atoms with Crippen LogP contribution in [0.4, 0.5) is 0 Å². The van der Waals surface area contributed by atoms with E-state index in [1.165, 1.54) is 13.2 Å². The van der Waals surface area contributed by atoms with Crippen LogP contribution in [0.3, 0.4) is 0 Å². The van der Waals surface area contributed by atoms with Gasteiger partial charge in [0, 0.05) is 6.54 Å². The molecule has 2 aromatic rings. The van der Waals surface area contributed by atoms with Gasteiger partial charge in [0.15, 0.2) is 11.5 Å². The SMILES string of the molecule is C=CCc1ccc(OC(=O)c2ccc(CNC(=O)C=C)cc2)c(OC)c1. The maximum atomic E-state index is 12.3. The van der Waals surface area contributed by atoms with Crippen molar-refractivity contribution in [3.63, 3.8) is 0 Å². The molecule has 1 amide bonds. The van der Waals surface area contributed by atoms with Crippen LogP contribution < -0.4 is 14.8 Å². The molecule has 134 valence electrons. The Morgan fingerprint density at radius 3 is 2.35 bits per heavy atom. The normalized spacial score (nSPS) is 9.88. The number of allylic oxidation sites excluding steroid dienone is 1. The summed E-state index contributed by atoms with van der Waals surface area (Å²) in [6.07, 6.45) is 3.70. The molecule has 0 aliphatic heterocycles. The van der Waals surface area contributed by atoms with Gasteiger partial charge in [-0.15, -0.1) is 6.58 Å². The standard InChI is InChI=1S/C21H21NO4/c1-4-6-15-9-12-18(19(13-15)25-3)26-21(24)17-10-7-16(8-11-17)14-22-20(23)5-2/h4-5,7-13H,1-2,6,14H2,3H3,(H,22,23). The molecule has 0 saturated heterocycles. The van der Waals surface area contributed by atoms with Crippen LogP contribution in [0.25, 0.3) is 0 Å². The van der Waals surface area contributed by atoms with E-state index in [4.69, 9.17) is 9.47 Å². The number of ether oxygens (including phenoxy) is 2. The highest BCUT2D eigenvalue weighted by Gasteiger charge is 2.13. The van der Waals surface area contributed by atoms with Crippen LogP contribution in [0.15, 0.2) is 67.8 Å². The average molecular weight is 351 g/mol. The maximum Gasteiger partial charge on any atom is 0.343 e. The van der Waals surface area contributed by atoms with Crippen molar-refractivity contribution in [1.82, 2.24) is 5.32 Å². The van der Waals surface area contributed by atoms with Gasteiger partial charge in [0.1, 0.15) is 0 Å². The highest BCUT2D eigenvalue weighted by Crippen LogP contribution is 2.29. The molecule has 26 heavy (non-hydrogen) atoms. The fourth-order valence-electron chi connectivity index (χ4n) is 2.27. The zero-order chi connectivity index (χ0) is 18.9. The summed E-state index contributed by atoms with van der Waals surface area (Å²) in [5, 5.41) is 2.67. The monoisotopic (exact) mass is 351 g/mol. The molecule has 5 nitrogen and oxygen atoms in total. The molecular weight excluding hydrogens is 330 g/mol. The molecule has 0 aromatic heterocycles. The fraction of sp³-hybridized carbons (Fsp3) is 0.143. The minimum atomic E-state index is -0.485. The lowest BCUT2D eigenvalue weighted by Gasteiger charge is -2.11. The Balaban J connectivity index is 2.06. The van der Waals surface area contributed by atoms with E-state index in [1.54, 1.807) is 36.4 Å². The Labute approximate surface area is 152 Å². The summed E-state index contributed by atoms with van der Waals surface area (Å²) < 4.78 is 10.7. The summed E-state index contributed by atoms with van der Waals surface area (Å²) in [5.74, 6) is 0.107. The summed E-state index contributed by atoms with van der Waals surface area (Å²) in [4.78, 5) is 23.5. The third-order valence-electron chi connectivity index (χ3n) is 3.65. The predicted molar refractivity (Wildman–Crippen MR) is 100 cm³/mol. The third-order valence-corrected chi connectivity index (χ3v) is 3.65. The summed E-state index contributed by atoms with van der Waals surface area (Å²) in [6, 6.07) is 12.2. The first kappa shape index (κ1) is 19.0. The summed E-state index contributed by atoms with van der Waals surface area (Å²) in [5.41, 5.74) is 2.28. The van der Waals surface area contributed by atoms with E-state index in [1.807, 2.05) is 12.1 Å². The minimum absolute atomic E-state index is 0.250. The average Bonchev–Trinajstić information content (AvgIpc) is 2.67. The smallest absolute Gasteiger partial charge is 0.343 e. The van der Waals surface area contributed by atoms with Crippen molar-refractivity contribution in [2.75, 3.05) is 7.11 Å². The van der Waals surface area contributed by atoms with Crippen molar-refractivity contribution in [1.29, 1.82) is 0 Å². The van der Waals surface area contributed by atoms with Gasteiger partial charge in [-0.2, -0.15) is 0 Å². The topological polar surface area (TPSA) is 64.6 Å². The number of methoxy groups -OCH3 is 1. The summed E-state index contributed by atoms with van der Waals surface area (Å²) >= 11 is 0. The molecule has 5 heteroatoms. The largest absolute Gasteiger partial charge is 0.493 e. The van der Waals surface area contributed by atoms with Crippen LogP contribution in [0, 0.1) is 0 Å². The van der Waals surface area contributed by atoms with Gasteiger partial charge in [-0.05, 0) is 47.9 Å². The molecule has 0 saturated carbocycles. The fourth-order valence-corrected chi connectivity index (χ4v) is 2.27. The van der Waals surface area contributed by atoms with E-state index in [9.17, 15) is 9.59 Å². The minimum Gasteiger partial charge on any atom is -0.493 e. The van der Waals surface area contributed by atoms with Crippen LogP contribution in [0.5, 0.6) is 11.5 Å². The molecular formula is C21H21NO4. The van der Waals surface area contributed by atoms with Crippen molar-refractivity contribution in [2.24, 2.45) is 0 Å². The number of rotatable bonds is 8. The maximum absolute atomic E-state index is 12.3. The number of hydrogen-bond acceptors (Lipinski definition) is 4. The van der Waals surface area contributed by atoms with Gasteiger partial charge in [0.2, 0.25) is 5.91 Å². The van der Waals surface area contributed by atoms with E-state index in [0.29, 0.717) is 30.0 Å². The number of amides is 1. The second kappa shape index (κ2) is 9.22. The third kappa shape index (κ3) is 5.08. The molecule has 2 rings (SSSR count). The number of carbonyl (C=O) groups excluding carboxylic acids is 2. The van der Waals surface area contributed by atoms with Crippen LogP contribution in [0.2, 0.25) is 0 Å². The van der Waals surface area contributed by atoms with E-state index in [2.05, 4.69) is 18.5 Å². The number of esters is 1. The van der Waals surface area contributed by atoms with Crippen molar-refractivity contribution in [3.8, 4) is 11.5 Å². The Morgan fingerprint density at radius 1 is 1.04 bits per heavy atom. The summed E-state index contributed by atoms with van der Waals surface area (Å²) in [7, 11) is 1.52. The quantitative estimate of drug-likeness (QED) is 0.342. The van der Waals surface area contributed by atoms with Crippen molar-refractivity contribution in [3.05, 3.63) is 84.5 Å². The van der Waals surface area contributed by atoms with Gasteiger partial charge in [0.05, 0.1) is 12.7 Å². The van der Waals surface area contributed by atoms with E-state index in [0.717, 1.165) is 11.1 Å². The van der Waals surface area contributed by atoms with Gasteiger partial charge in [0.25, 0.3) is 0 Å². The Hall–Kier alpha value is -3.34. The first-order valence-electron chi connectivity index (χ1n) is 8.06. The molecule has 1 N–H and O–H groups in total. The Morgan fingerprint density at radius 2 is 1.73 bits per heavy atom. The Bertz CT molecular complexity index is 809. The van der Waals surface area contributed by atoms with E-state index < -0.39 is 5.97 Å².